The van der Waals surface area contributed by atoms with Gasteiger partial charge in [-0.1, -0.05) is 48.5 Å². The average Bonchev–Trinajstić information content (AvgIpc) is 3.30. The van der Waals surface area contributed by atoms with Crippen LogP contribution < -0.4 is 9.47 Å². The Hall–Kier alpha value is -2.78. The fourth-order valence-corrected chi connectivity index (χ4v) is 6.56. The van der Waals surface area contributed by atoms with E-state index in [1.54, 1.807) is 0 Å². The molecule has 35 heavy (non-hydrogen) atoms. The summed E-state index contributed by atoms with van der Waals surface area (Å²) in [6.07, 6.45) is 7.63. The summed E-state index contributed by atoms with van der Waals surface area (Å²) in [4.78, 5) is 2.70. The zero-order valence-corrected chi connectivity index (χ0v) is 21.4. The van der Waals surface area contributed by atoms with Gasteiger partial charge in [0.2, 0.25) is 0 Å². The molecule has 2 fully saturated rings. The minimum absolute atomic E-state index is 0.577. The number of likely N-dealkylation sites (tertiary alicyclic amines) is 1. The van der Waals surface area contributed by atoms with Gasteiger partial charge in [-0.25, -0.2) is 0 Å². The van der Waals surface area contributed by atoms with Crippen LogP contribution in [0.1, 0.15) is 60.4 Å². The van der Waals surface area contributed by atoms with Gasteiger partial charge >= 0.3 is 0 Å². The van der Waals surface area contributed by atoms with Crippen molar-refractivity contribution in [2.45, 2.75) is 71.6 Å². The number of hydrogen-bond acceptors (Lipinski definition) is 3. The van der Waals surface area contributed by atoms with Crippen molar-refractivity contribution in [2.75, 3.05) is 13.7 Å². The summed E-state index contributed by atoms with van der Waals surface area (Å²) in [5.74, 6) is 2.01. The molecule has 1 spiro atoms. The normalized spacial score (nSPS) is 20.3. The third kappa shape index (κ3) is 4.25. The van der Waals surface area contributed by atoms with Gasteiger partial charge in [0.1, 0.15) is 18.1 Å². The summed E-state index contributed by atoms with van der Waals surface area (Å²) in [5.41, 5.74) is 9.98. The maximum atomic E-state index is 6.54. The first-order valence-corrected chi connectivity index (χ1v) is 13.3. The largest absolute Gasteiger partial charge is 0.496 e. The molecule has 1 heterocycles. The Kier molecular flexibility index (Phi) is 5.84. The number of ether oxygens (including phenoxy) is 2. The molecule has 0 amide bonds. The van der Waals surface area contributed by atoms with Gasteiger partial charge in [0, 0.05) is 30.8 Å². The van der Waals surface area contributed by atoms with Gasteiger partial charge in [0.05, 0.1) is 7.11 Å². The Labute approximate surface area is 210 Å². The van der Waals surface area contributed by atoms with E-state index in [2.05, 4.69) is 73.3 Å². The molecule has 3 aliphatic rings. The Morgan fingerprint density at radius 2 is 1.77 bits per heavy atom. The van der Waals surface area contributed by atoms with Crippen molar-refractivity contribution < 1.29 is 9.47 Å². The van der Waals surface area contributed by atoms with E-state index < -0.39 is 0 Å². The summed E-state index contributed by atoms with van der Waals surface area (Å²) in [6.45, 7) is 7.45. The predicted molar refractivity (Wildman–Crippen MR) is 142 cm³/mol. The van der Waals surface area contributed by atoms with E-state index in [-0.39, 0.29) is 0 Å². The van der Waals surface area contributed by atoms with E-state index in [1.807, 2.05) is 7.11 Å². The van der Waals surface area contributed by atoms with Crippen molar-refractivity contribution in [2.24, 2.45) is 5.41 Å². The lowest BCUT2D eigenvalue weighted by Crippen LogP contribution is -2.27. The Morgan fingerprint density at radius 3 is 2.51 bits per heavy atom. The minimum Gasteiger partial charge on any atom is -0.496 e. The quantitative estimate of drug-likeness (QED) is 0.369. The van der Waals surface area contributed by atoms with Crippen molar-refractivity contribution in [3.63, 3.8) is 0 Å². The Balaban J connectivity index is 1.26. The minimum atomic E-state index is 0.577. The van der Waals surface area contributed by atoms with Crippen LogP contribution in [-0.4, -0.2) is 24.6 Å². The van der Waals surface area contributed by atoms with Crippen LogP contribution in [0, 0.1) is 12.3 Å². The van der Waals surface area contributed by atoms with Crippen LogP contribution >= 0.6 is 0 Å². The molecular formula is C32H37NO2. The molecule has 0 radical (unpaired) electrons. The SMILES string of the molecule is COc1cc(OCc2cccc(-c3ccccc3)c2C)c2c(c1CN1CC3(CC3)C[C@H]1C)CCC2. The number of hydrogen-bond donors (Lipinski definition) is 0. The maximum Gasteiger partial charge on any atom is 0.127 e. The first-order valence-electron chi connectivity index (χ1n) is 13.3. The highest BCUT2D eigenvalue weighted by molar-refractivity contribution is 5.68. The highest BCUT2D eigenvalue weighted by Gasteiger charge is 2.50. The third-order valence-electron chi connectivity index (χ3n) is 8.78. The second-order valence-electron chi connectivity index (χ2n) is 11.1. The van der Waals surface area contributed by atoms with Gasteiger partial charge in [0.15, 0.2) is 0 Å². The van der Waals surface area contributed by atoms with E-state index in [0.717, 1.165) is 30.9 Å². The monoisotopic (exact) mass is 467 g/mol. The fraction of sp³-hybridized carbons (Fsp3) is 0.438. The number of methoxy groups -OCH3 is 1. The van der Waals surface area contributed by atoms with E-state index in [0.29, 0.717) is 18.1 Å². The molecule has 0 bridgehead atoms. The van der Waals surface area contributed by atoms with Crippen molar-refractivity contribution in [3.05, 3.63) is 82.4 Å². The summed E-state index contributed by atoms with van der Waals surface area (Å²) >= 11 is 0. The standard InChI is InChI=1S/C32H37NO2/c1-22-18-32(15-16-32)21-33(22)19-29-27-13-8-14-28(27)31(17-30(29)34-3)35-20-25-11-7-12-26(23(25)2)24-9-5-4-6-10-24/h4-7,9-12,17,22H,8,13-16,18-21H2,1-3H3/t22-/m1/s1. The Morgan fingerprint density at radius 1 is 0.971 bits per heavy atom. The Bertz CT molecular complexity index is 1230. The van der Waals surface area contributed by atoms with Gasteiger partial charge in [-0.3, -0.25) is 4.90 Å². The summed E-state index contributed by atoms with van der Waals surface area (Å²) in [7, 11) is 1.81. The summed E-state index contributed by atoms with van der Waals surface area (Å²) in [5, 5.41) is 0. The molecule has 3 aromatic carbocycles. The van der Waals surface area contributed by atoms with Crippen LogP contribution in [-0.2, 0) is 26.0 Å². The van der Waals surface area contributed by atoms with Gasteiger partial charge in [-0.15, -0.1) is 0 Å². The van der Waals surface area contributed by atoms with Gasteiger partial charge in [-0.05, 0) is 91.2 Å². The van der Waals surface area contributed by atoms with E-state index in [9.17, 15) is 0 Å². The highest BCUT2D eigenvalue weighted by Crippen LogP contribution is 2.55. The molecule has 6 rings (SSSR count). The van der Waals surface area contributed by atoms with E-state index >= 15 is 0 Å². The molecule has 1 saturated carbocycles. The second kappa shape index (κ2) is 9.02. The van der Waals surface area contributed by atoms with Crippen molar-refractivity contribution in [1.82, 2.24) is 4.90 Å². The van der Waals surface area contributed by atoms with Crippen molar-refractivity contribution in [3.8, 4) is 22.6 Å². The van der Waals surface area contributed by atoms with Crippen LogP contribution in [0.5, 0.6) is 11.5 Å². The lowest BCUT2D eigenvalue weighted by Gasteiger charge is -2.25. The number of fused-ring (bicyclic) bond motifs is 1. The molecule has 3 heteroatoms. The number of benzene rings is 3. The first kappa shape index (κ1) is 22.7. The molecule has 0 unspecified atom stereocenters. The van der Waals surface area contributed by atoms with Gasteiger partial charge in [0.25, 0.3) is 0 Å². The zero-order valence-electron chi connectivity index (χ0n) is 21.4. The van der Waals surface area contributed by atoms with Crippen LogP contribution in [0.3, 0.4) is 0 Å². The van der Waals surface area contributed by atoms with Crippen LogP contribution in [0.2, 0.25) is 0 Å². The van der Waals surface area contributed by atoms with Gasteiger partial charge in [-0.2, -0.15) is 0 Å². The first-order chi connectivity index (χ1) is 17.1. The zero-order chi connectivity index (χ0) is 24.0. The smallest absolute Gasteiger partial charge is 0.127 e. The average molecular weight is 468 g/mol. The molecule has 1 saturated heterocycles. The molecule has 3 aromatic rings. The van der Waals surface area contributed by atoms with Crippen LogP contribution in [0.15, 0.2) is 54.6 Å². The molecule has 1 aliphatic heterocycles. The van der Waals surface area contributed by atoms with Gasteiger partial charge < -0.3 is 9.47 Å². The molecule has 182 valence electrons. The summed E-state index contributed by atoms with van der Waals surface area (Å²) in [6, 6.07) is 20.0. The fourth-order valence-electron chi connectivity index (χ4n) is 6.56. The lowest BCUT2D eigenvalue weighted by atomic mass is 9.97. The molecule has 3 nitrogen and oxygen atoms in total. The third-order valence-corrected chi connectivity index (χ3v) is 8.78. The number of rotatable bonds is 7. The molecule has 0 aromatic heterocycles. The van der Waals surface area contributed by atoms with Crippen molar-refractivity contribution >= 4 is 0 Å². The molecular weight excluding hydrogens is 430 g/mol. The number of nitrogens with zero attached hydrogens (tertiary/aromatic N) is 1. The highest BCUT2D eigenvalue weighted by atomic mass is 16.5. The second-order valence-corrected chi connectivity index (χ2v) is 11.1. The lowest BCUT2D eigenvalue weighted by molar-refractivity contribution is 0.248. The van der Waals surface area contributed by atoms with E-state index in [4.69, 9.17) is 9.47 Å². The topological polar surface area (TPSA) is 21.7 Å². The van der Waals surface area contributed by atoms with Crippen LogP contribution in [0.25, 0.3) is 11.1 Å². The van der Waals surface area contributed by atoms with Crippen LogP contribution in [0.4, 0.5) is 0 Å². The molecule has 2 aliphatic carbocycles. The van der Waals surface area contributed by atoms with E-state index in [1.165, 1.54) is 71.2 Å². The summed E-state index contributed by atoms with van der Waals surface area (Å²) < 4.78 is 12.5. The van der Waals surface area contributed by atoms with Crippen molar-refractivity contribution in [1.29, 1.82) is 0 Å². The predicted octanol–water partition coefficient (Wildman–Crippen LogP) is 7.11. The maximum absolute atomic E-state index is 6.54. The molecule has 1 atom stereocenters. The molecule has 0 N–H and O–H groups in total.